The first-order valence-electron chi connectivity index (χ1n) is 3.20. The summed E-state index contributed by atoms with van der Waals surface area (Å²) in [6.07, 6.45) is -0.583. The van der Waals surface area contributed by atoms with Crippen molar-refractivity contribution in [1.82, 2.24) is 4.57 Å². The molecule has 1 rings (SSSR count). The minimum absolute atomic E-state index is 0.200. The Hall–Kier alpha value is -0.130. The first-order valence-corrected chi connectivity index (χ1v) is 4.28. The third kappa shape index (κ3) is 2.15. The van der Waals surface area contributed by atoms with Gasteiger partial charge < -0.3 is 4.57 Å². The van der Waals surface area contributed by atoms with E-state index in [4.69, 9.17) is 0 Å². The van der Waals surface area contributed by atoms with Gasteiger partial charge in [-0.1, -0.05) is 0 Å². The van der Waals surface area contributed by atoms with E-state index < -0.39 is 6.43 Å². The van der Waals surface area contributed by atoms with E-state index in [1.807, 2.05) is 13.0 Å². The Balaban J connectivity index is 2.79. The maximum absolute atomic E-state index is 11.9. The fourth-order valence-corrected chi connectivity index (χ4v) is 1.34. The standard InChI is InChI=1S/C7H8F2IN/c1-5-6(10)2-3-11(5)4-7(8)9/h2-3,7H,4H2,1H3. The molecule has 0 spiro atoms. The minimum atomic E-state index is -2.27. The van der Waals surface area contributed by atoms with Gasteiger partial charge in [0.2, 0.25) is 0 Å². The van der Waals surface area contributed by atoms with Crippen molar-refractivity contribution >= 4 is 22.6 Å². The van der Waals surface area contributed by atoms with E-state index in [-0.39, 0.29) is 6.54 Å². The highest BCUT2D eigenvalue weighted by atomic mass is 127. The van der Waals surface area contributed by atoms with E-state index in [1.54, 1.807) is 10.8 Å². The molecule has 0 saturated carbocycles. The van der Waals surface area contributed by atoms with E-state index in [9.17, 15) is 8.78 Å². The van der Waals surface area contributed by atoms with Gasteiger partial charge in [-0.25, -0.2) is 8.78 Å². The Morgan fingerprint density at radius 1 is 1.64 bits per heavy atom. The summed E-state index contributed by atoms with van der Waals surface area (Å²) in [5, 5.41) is 0. The van der Waals surface area contributed by atoms with Crippen LogP contribution in [-0.4, -0.2) is 11.0 Å². The Labute approximate surface area is 77.5 Å². The van der Waals surface area contributed by atoms with Gasteiger partial charge >= 0.3 is 0 Å². The molecule has 0 aromatic carbocycles. The molecule has 0 fully saturated rings. The topological polar surface area (TPSA) is 4.93 Å². The number of halogens is 3. The molecule has 0 unspecified atom stereocenters. The van der Waals surface area contributed by atoms with Crippen molar-refractivity contribution in [3.05, 3.63) is 21.5 Å². The van der Waals surface area contributed by atoms with Crippen molar-refractivity contribution < 1.29 is 8.78 Å². The van der Waals surface area contributed by atoms with E-state index in [0.717, 1.165) is 9.26 Å². The molecular weight excluding hydrogens is 263 g/mol. The Morgan fingerprint density at radius 3 is 2.64 bits per heavy atom. The molecule has 1 nitrogen and oxygen atoms in total. The molecule has 0 aliphatic carbocycles. The number of alkyl halides is 2. The van der Waals surface area contributed by atoms with Crippen LogP contribution in [0.1, 0.15) is 5.69 Å². The number of nitrogens with zero attached hydrogens (tertiary/aromatic N) is 1. The predicted molar refractivity (Wildman–Crippen MR) is 47.9 cm³/mol. The molecule has 62 valence electrons. The van der Waals surface area contributed by atoms with Crippen molar-refractivity contribution in [3.8, 4) is 0 Å². The van der Waals surface area contributed by atoms with Crippen LogP contribution in [0.4, 0.5) is 8.78 Å². The first kappa shape index (κ1) is 8.96. The molecule has 0 bridgehead atoms. The lowest BCUT2D eigenvalue weighted by atomic mass is 10.5. The van der Waals surface area contributed by atoms with Crippen LogP contribution >= 0.6 is 22.6 Å². The Kier molecular flexibility index (Phi) is 2.86. The van der Waals surface area contributed by atoms with Crippen LogP contribution < -0.4 is 0 Å². The summed E-state index contributed by atoms with van der Waals surface area (Å²) in [5.41, 5.74) is 0.908. The zero-order chi connectivity index (χ0) is 8.43. The van der Waals surface area contributed by atoms with Crippen LogP contribution in [0.15, 0.2) is 12.3 Å². The Bertz CT molecular complexity index is 245. The molecule has 11 heavy (non-hydrogen) atoms. The van der Waals surface area contributed by atoms with Crippen molar-refractivity contribution in [2.45, 2.75) is 19.9 Å². The van der Waals surface area contributed by atoms with Crippen molar-refractivity contribution in [1.29, 1.82) is 0 Å². The van der Waals surface area contributed by atoms with Gasteiger partial charge in [-0.3, -0.25) is 0 Å². The lowest BCUT2D eigenvalue weighted by Crippen LogP contribution is -2.06. The average molecular weight is 271 g/mol. The van der Waals surface area contributed by atoms with E-state index in [1.165, 1.54) is 0 Å². The molecule has 1 aromatic rings. The second kappa shape index (κ2) is 3.51. The van der Waals surface area contributed by atoms with Gasteiger partial charge in [0.15, 0.2) is 0 Å². The van der Waals surface area contributed by atoms with E-state index in [2.05, 4.69) is 22.6 Å². The van der Waals surface area contributed by atoms with Gasteiger partial charge in [0, 0.05) is 15.5 Å². The predicted octanol–water partition coefficient (Wildman–Crippen LogP) is 2.67. The zero-order valence-electron chi connectivity index (χ0n) is 6.02. The molecule has 0 saturated heterocycles. The summed E-state index contributed by atoms with van der Waals surface area (Å²) in [5.74, 6) is 0. The van der Waals surface area contributed by atoms with Gasteiger partial charge in [-0.15, -0.1) is 0 Å². The molecule has 1 aromatic heterocycles. The van der Waals surface area contributed by atoms with Crippen LogP contribution in [0.3, 0.4) is 0 Å². The molecule has 0 radical (unpaired) electrons. The number of hydrogen-bond acceptors (Lipinski definition) is 0. The summed E-state index contributed by atoms with van der Waals surface area (Å²) >= 11 is 2.13. The molecule has 0 amide bonds. The summed E-state index contributed by atoms with van der Waals surface area (Å²) < 4.78 is 26.4. The highest BCUT2D eigenvalue weighted by Crippen LogP contribution is 2.13. The summed E-state index contributed by atoms with van der Waals surface area (Å²) in [6.45, 7) is 1.64. The monoisotopic (exact) mass is 271 g/mol. The third-order valence-corrected chi connectivity index (χ3v) is 2.65. The number of aromatic nitrogens is 1. The van der Waals surface area contributed by atoms with Gasteiger partial charge in [0.1, 0.15) is 0 Å². The van der Waals surface area contributed by atoms with Crippen LogP contribution in [0.25, 0.3) is 0 Å². The van der Waals surface area contributed by atoms with Crippen LogP contribution in [0, 0.1) is 10.5 Å². The van der Waals surface area contributed by atoms with Gasteiger partial charge in [-0.05, 0) is 35.6 Å². The SMILES string of the molecule is Cc1c(I)ccn1CC(F)F. The second-order valence-electron chi connectivity index (χ2n) is 2.29. The summed E-state index contributed by atoms with van der Waals surface area (Å²) in [6, 6.07) is 1.83. The van der Waals surface area contributed by atoms with Crippen LogP contribution in [0.2, 0.25) is 0 Å². The normalized spacial score (nSPS) is 11.0. The van der Waals surface area contributed by atoms with Gasteiger partial charge in [0.25, 0.3) is 6.43 Å². The fourth-order valence-electron chi connectivity index (χ4n) is 0.871. The maximum Gasteiger partial charge on any atom is 0.256 e. The van der Waals surface area contributed by atoms with E-state index in [0.29, 0.717) is 0 Å². The molecule has 4 heteroatoms. The maximum atomic E-state index is 11.9. The third-order valence-electron chi connectivity index (χ3n) is 1.51. The largest absolute Gasteiger partial charge is 0.345 e. The average Bonchev–Trinajstić information content (AvgIpc) is 2.18. The van der Waals surface area contributed by atoms with Crippen LogP contribution in [-0.2, 0) is 6.54 Å². The second-order valence-corrected chi connectivity index (χ2v) is 3.45. The number of rotatable bonds is 2. The lowest BCUT2D eigenvalue weighted by molar-refractivity contribution is 0.126. The molecule has 0 N–H and O–H groups in total. The quantitative estimate of drug-likeness (QED) is 0.729. The summed E-state index contributed by atoms with van der Waals surface area (Å²) in [4.78, 5) is 0. The van der Waals surface area contributed by atoms with Crippen molar-refractivity contribution in [2.75, 3.05) is 0 Å². The summed E-state index contributed by atoms with van der Waals surface area (Å²) in [7, 11) is 0. The molecule has 1 heterocycles. The highest BCUT2D eigenvalue weighted by Gasteiger charge is 2.06. The van der Waals surface area contributed by atoms with Crippen molar-refractivity contribution in [3.63, 3.8) is 0 Å². The zero-order valence-corrected chi connectivity index (χ0v) is 8.18. The fraction of sp³-hybridized carbons (Fsp3) is 0.429. The Morgan fingerprint density at radius 2 is 2.27 bits per heavy atom. The van der Waals surface area contributed by atoms with Gasteiger partial charge in [0.05, 0.1) is 6.54 Å². The molecule has 0 aliphatic heterocycles. The minimum Gasteiger partial charge on any atom is -0.345 e. The van der Waals surface area contributed by atoms with E-state index >= 15 is 0 Å². The molecule has 0 aliphatic rings. The van der Waals surface area contributed by atoms with Crippen molar-refractivity contribution in [2.24, 2.45) is 0 Å². The first-order chi connectivity index (χ1) is 5.11. The molecular formula is C7H8F2IN. The number of hydrogen-bond donors (Lipinski definition) is 0. The van der Waals surface area contributed by atoms with Gasteiger partial charge in [-0.2, -0.15) is 0 Å². The lowest BCUT2D eigenvalue weighted by Gasteiger charge is -2.03. The molecule has 0 atom stereocenters. The smallest absolute Gasteiger partial charge is 0.256 e. The van der Waals surface area contributed by atoms with Crippen LogP contribution in [0.5, 0.6) is 0 Å². The highest BCUT2D eigenvalue weighted by molar-refractivity contribution is 14.1.